The molecule has 1 fully saturated rings. The Hall–Kier alpha value is -4.20. The van der Waals surface area contributed by atoms with Crippen LogP contribution in [0.1, 0.15) is 53.2 Å². The monoisotopic (exact) mass is 576 g/mol. The molecule has 0 aliphatic carbocycles. The van der Waals surface area contributed by atoms with Gasteiger partial charge in [-0.2, -0.15) is 13.2 Å². The molecule has 0 radical (unpaired) electrons. The maximum absolute atomic E-state index is 13.1. The van der Waals surface area contributed by atoms with Gasteiger partial charge in [-0.25, -0.2) is 9.83 Å². The predicted molar refractivity (Wildman–Crippen MR) is 153 cm³/mol. The molecule has 4 aromatic rings. The number of oxazole rings is 1. The Bertz CT molecular complexity index is 1610. The fraction of sp³-hybridized carbons (Fsp3) is 0.344. The van der Waals surface area contributed by atoms with E-state index in [-0.39, 0.29) is 17.9 Å². The fourth-order valence-corrected chi connectivity index (χ4v) is 5.03. The lowest BCUT2D eigenvalue weighted by molar-refractivity contribution is -0.137. The van der Waals surface area contributed by atoms with Crippen LogP contribution in [0.5, 0.6) is 0 Å². The van der Waals surface area contributed by atoms with E-state index in [2.05, 4.69) is 20.0 Å². The van der Waals surface area contributed by atoms with Crippen molar-refractivity contribution in [3.63, 3.8) is 0 Å². The largest absolute Gasteiger partial charge is 0.436 e. The third kappa shape index (κ3) is 6.81. The lowest BCUT2D eigenvalue weighted by Gasteiger charge is -2.20. The van der Waals surface area contributed by atoms with Crippen LogP contribution in [-0.2, 0) is 17.5 Å². The van der Waals surface area contributed by atoms with Gasteiger partial charge in [0.25, 0.3) is 5.91 Å². The summed E-state index contributed by atoms with van der Waals surface area (Å²) in [5.41, 5.74) is 3.87. The average Bonchev–Trinajstić information content (AvgIpc) is 3.28. The Morgan fingerprint density at radius 3 is 2.64 bits per heavy atom. The number of rotatable bonds is 7. The number of fused-ring (bicyclic) bond motifs is 1. The van der Waals surface area contributed by atoms with Crippen molar-refractivity contribution in [3.05, 3.63) is 94.3 Å². The molecule has 2 heterocycles. The van der Waals surface area contributed by atoms with Gasteiger partial charge in [0.05, 0.1) is 30.4 Å². The smallest absolute Gasteiger partial charge is 0.416 e. The van der Waals surface area contributed by atoms with Crippen molar-refractivity contribution in [2.75, 3.05) is 26.2 Å². The fourth-order valence-electron chi connectivity index (χ4n) is 5.03. The first-order valence-electron chi connectivity index (χ1n) is 13.8. The molecule has 1 aliphatic heterocycles. The van der Waals surface area contributed by atoms with Crippen molar-refractivity contribution < 1.29 is 27.1 Å². The number of amides is 1. The first-order chi connectivity index (χ1) is 20.1. The summed E-state index contributed by atoms with van der Waals surface area (Å²) in [7, 11) is 0. The number of aromatic nitrogens is 1. The predicted octanol–water partition coefficient (Wildman–Crippen LogP) is 7.21. The molecule has 7 nitrogen and oxygen atoms in total. The van der Waals surface area contributed by atoms with Gasteiger partial charge in [-0.3, -0.25) is 9.69 Å². The molecule has 1 atom stereocenters. The summed E-state index contributed by atoms with van der Waals surface area (Å²) < 4.78 is 51.1. The maximum atomic E-state index is 13.1. The quantitative estimate of drug-likeness (QED) is 0.236. The van der Waals surface area contributed by atoms with Crippen molar-refractivity contribution in [2.24, 2.45) is 0 Å². The van der Waals surface area contributed by atoms with Crippen LogP contribution in [0.15, 0.2) is 65.1 Å². The summed E-state index contributed by atoms with van der Waals surface area (Å²) in [4.78, 5) is 23.0. The minimum Gasteiger partial charge on any atom is -0.436 e. The summed E-state index contributed by atoms with van der Waals surface area (Å²) in [6.07, 6.45) is -3.92. The van der Waals surface area contributed by atoms with Crippen molar-refractivity contribution in [2.45, 2.75) is 45.0 Å². The first kappa shape index (κ1) is 29.3. The highest BCUT2D eigenvalue weighted by atomic mass is 19.4. The van der Waals surface area contributed by atoms with E-state index in [9.17, 15) is 18.0 Å². The third-order valence-corrected chi connectivity index (χ3v) is 7.33. The topological polar surface area (TPSA) is 72.0 Å². The molecule has 10 heteroatoms. The number of carbonyl (C=O) groups excluding carboxylic acids is 1. The Morgan fingerprint density at radius 1 is 1.14 bits per heavy atom. The van der Waals surface area contributed by atoms with Crippen LogP contribution in [0, 0.1) is 6.57 Å². The standard InChI is InChI=1S/C32H31F3N4O3/c1-20(2)27-16-25(36-3)17-28-29(27)42-31(38-28)23-9-7-22(8-10-23)30(40)37-18-26-11-12-39(13-14-41-26)19-21-5-4-6-24(15-21)32(33,34)35/h4-10,15-17,20,26H,11-14,18-19H2,1-2H3,(H,37,40)/t26-/m0/s1. The zero-order valence-corrected chi connectivity index (χ0v) is 23.4. The van der Waals surface area contributed by atoms with Gasteiger partial charge in [-0.1, -0.05) is 32.0 Å². The highest BCUT2D eigenvalue weighted by molar-refractivity contribution is 5.94. The molecule has 5 rings (SSSR count). The van der Waals surface area contributed by atoms with Gasteiger partial charge in [0.2, 0.25) is 5.89 Å². The Kier molecular flexibility index (Phi) is 8.61. The van der Waals surface area contributed by atoms with Crippen molar-refractivity contribution in [1.29, 1.82) is 0 Å². The summed E-state index contributed by atoms with van der Waals surface area (Å²) in [6.45, 7) is 13.8. The number of ether oxygens (including phenoxy) is 1. The molecule has 3 aromatic carbocycles. The summed E-state index contributed by atoms with van der Waals surface area (Å²) in [6, 6.07) is 15.9. The van der Waals surface area contributed by atoms with E-state index in [4.69, 9.17) is 15.7 Å². The number of hydrogen-bond acceptors (Lipinski definition) is 5. The van der Waals surface area contributed by atoms with Gasteiger partial charge in [0.15, 0.2) is 11.3 Å². The normalized spacial score (nSPS) is 16.4. The molecule has 1 amide bonds. The zero-order valence-electron chi connectivity index (χ0n) is 23.4. The highest BCUT2D eigenvalue weighted by Gasteiger charge is 2.30. The zero-order chi connectivity index (χ0) is 29.9. The van der Waals surface area contributed by atoms with Crippen LogP contribution in [-0.4, -0.2) is 48.1 Å². The number of alkyl halides is 3. The third-order valence-electron chi connectivity index (χ3n) is 7.33. The summed E-state index contributed by atoms with van der Waals surface area (Å²) >= 11 is 0. The van der Waals surface area contributed by atoms with Gasteiger partial charge in [0, 0.05) is 37.3 Å². The van der Waals surface area contributed by atoms with E-state index in [1.165, 1.54) is 12.1 Å². The van der Waals surface area contributed by atoms with Crippen molar-refractivity contribution >= 4 is 22.7 Å². The summed E-state index contributed by atoms with van der Waals surface area (Å²) in [5, 5.41) is 2.92. The number of carbonyl (C=O) groups is 1. The van der Waals surface area contributed by atoms with Crippen molar-refractivity contribution in [3.8, 4) is 11.5 Å². The summed E-state index contributed by atoms with van der Waals surface area (Å²) in [5.74, 6) is 0.344. The minimum absolute atomic E-state index is 0.164. The Morgan fingerprint density at radius 2 is 1.93 bits per heavy atom. The van der Waals surface area contributed by atoms with E-state index >= 15 is 0 Å². The molecule has 42 heavy (non-hydrogen) atoms. The first-order valence-corrected chi connectivity index (χ1v) is 13.8. The minimum atomic E-state index is -4.37. The van der Waals surface area contributed by atoms with Gasteiger partial charge < -0.3 is 14.5 Å². The Balaban J connectivity index is 1.16. The second-order valence-electron chi connectivity index (χ2n) is 10.7. The molecule has 218 valence electrons. The molecule has 0 spiro atoms. The number of benzene rings is 3. The van der Waals surface area contributed by atoms with Gasteiger partial charge in [-0.15, -0.1) is 0 Å². The van der Waals surface area contributed by atoms with Crippen LogP contribution in [0.25, 0.3) is 27.4 Å². The second kappa shape index (κ2) is 12.3. The van der Waals surface area contributed by atoms with E-state index in [0.717, 1.165) is 17.2 Å². The molecule has 0 unspecified atom stereocenters. The molecule has 1 saturated heterocycles. The Labute approximate surface area is 242 Å². The van der Waals surface area contributed by atoms with Gasteiger partial charge >= 0.3 is 6.18 Å². The van der Waals surface area contributed by atoms with E-state index in [1.54, 1.807) is 36.4 Å². The van der Waals surface area contributed by atoms with Gasteiger partial charge in [-0.05, 0) is 65.9 Å². The molecule has 1 aliphatic rings. The second-order valence-corrected chi connectivity index (χ2v) is 10.7. The highest BCUT2D eigenvalue weighted by Crippen LogP contribution is 2.34. The molecule has 1 aromatic heterocycles. The van der Waals surface area contributed by atoms with Crippen LogP contribution in [0.4, 0.5) is 18.9 Å². The lowest BCUT2D eigenvalue weighted by Crippen LogP contribution is -2.34. The van der Waals surface area contributed by atoms with Gasteiger partial charge in [0.1, 0.15) is 0 Å². The molecule has 0 bridgehead atoms. The maximum Gasteiger partial charge on any atom is 0.416 e. The van der Waals surface area contributed by atoms with Crippen LogP contribution in [0.3, 0.4) is 0 Å². The average molecular weight is 577 g/mol. The van der Waals surface area contributed by atoms with E-state index < -0.39 is 11.7 Å². The van der Waals surface area contributed by atoms with Crippen LogP contribution in [0.2, 0.25) is 0 Å². The van der Waals surface area contributed by atoms with E-state index in [0.29, 0.717) is 73.0 Å². The number of nitrogens with one attached hydrogen (secondary N) is 1. The molecular weight excluding hydrogens is 545 g/mol. The molecule has 1 N–H and O–H groups in total. The van der Waals surface area contributed by atoms with Crippen LogP contribution >= 0.6 is 0 Å². The molecular formula is C32H31F3N4O3. The number of nitrogens with zero attached hydrogens (tertiary/aromatic N) is 3. The van der Waals surface area contributed by atoms with Crippen LogP contribution < -0.4 is 5.32 Å². The number of halogens is 3. The molecule has 0 saturated carbocycles. The van der Waals surface area contributed by atoms with Crippen molar-refractivity contribution in [1.82, 2.24) is 15.2 Å². The number of hydrogen-bond donors (Lipinski definition) is 1. The SMILES string of the molecule is [C-]#[N+]c1cc(C(C)C)c2oc(-c3ccc(C(=O)NC[C@@H]4CCN(Cc5cccc(C(F)(F)F)c5)CCO4)cc3)nc2c1. The lowest BCUT2D eigenvalue weighted by atomic mass is 10.0. The van der Waals surface area contributed by atoms with E-state index in [1.807, 2.05) is 19.9 Å².